The number of hydrogen-bond donors (Lipinski definition) is 0. The highest BCUT2D eigenvalue weighted by Gasteiger charge is 2.46. The van der Waals surface area contributed by atoms with Crippen LogP contribution in [0.5, 0.6) is 5.88 Å². The summed E-state index contributed by atoms with van der Waals surface area (Å²) in [4.78, 5) is 18.7. The molecular weight excluding hydrogens is 311 g/mol. The van der Waals surface area contributed by atoms with Crippen LogP contribution >= 0.6 is 0 Å². The van der Waals surface area contributed by atoms with Gasteiger partial charge in [0.15, 0.2) is 5.82 Å². The van der Waals surface area contributed by atoms with E-state index in [-0.39, 0.29) is 30.0 Å². The van der Waals surface area contributed by atoms with Crippen LogP contribution in [0, 0.1) is 5.82 Å². The van der Waals surface area contributed by atoms with Crippen LogP contribution in [-0.4, -0.2) is 47.2 Å². The van der Waals surface area contributed by atoms with Gasteiger partial charge in [0, 0.05) is 18.3 Å². The summed E-state index contributed by atoms with van der Waals surface area (Å²) in [6.07, 6.45) is 7.52. The largest absolute Gasteiger partial charge is 0.467 e. The van der Waals surface area contributed by atoms with Gasteiger partial charge in [-0.05, 0) is 44.2 Å². The Balaban J connectivity index is 1.57. The van der Waals surface area contributed by atoms with Crippen molar-refractivity contribution < 1.29 is 18.7 Å². The molecule has 6 heteroatoms. The number of rotatable bonds is 3. The van der Waals surface area contributed by atoms with Gasteiger partial charge in [-0.2, -0.15) is 0 Å². The Bertz CT molecular complexity index is 663. The van der Waals surface area contributed by atoms with Gasteiger partial charge >= 0.3 is 0 Å². The molecule has 3 aliphatic rings. The van der Waals surface area contributed by atoms with E-state index in [1.807, 2.05) is 11.0 Å². The van der Waals surface area contributed by atoms with Crippen molar-refractivity contribution in [3.63, 3.8) is 0 Å². The maximum absolute atomic E-state index is 13.9. The van der Waals surface area contributed by atoms with Gasteiger partial charge in [-0.15, -0.1) is 0 Å². The third-order valence-corrected chi connectivity index (χ3v) is 5.11. The maximum Gasteiger partial charge on any atom is 0.250 e. The van der Waals surface area contributed by atoms with Gasteiger partial charge < -0.3 is 14.4 Å². The molecule has 2 fully saturated rings. The molecule has 0 aromatic carbocycles. The van der Waals surface area contributed by atoms with E-state index in [4.69, 9.17) is 9.47 Å². The van der Waals surface area contributed by atoms with Crippen LogP contribution in [0.4, 0.5) is 4.39 Å². The lowest BCUT2D eigenvalue weighted by Gasteiger charge is -2.31. The van der Waals surface area contributed by atoms with Gasteiger partial charge in [-0.25, -0.2) is 9.37 Å². The molecule has 0 spiro atoms. The molecular formula is C18H21FN2O3. The second-order valence-corrected chi connectivity index (χ2v) is 6.55. The Morgan fingerprint density at radius 3 is 3.12 bits per heavy atom. The molecule has 3 unspecified atom stereocenters. The molecule has 1 aromatic heterocycles. The highest BCUT2D eigenvalue weighted by atomic mass is 19.1. The Morgan fingerprint density at radius 1 is 1.42 bits per heavy atom. The average molecular weight is 332 g/mol. The van der Waals surface area contributed by atoms with Crippen LogP contribution < -0.4 is 4.74 Å². The number of ether oxygens (including phenoxy) is 2. The molecule has 1 aromatic rings. The number of nitrogens with zero attached hydrogens (tertiary/aromatic N) is 2. The van der Waals surface area contributed by atoms with E-state index in [1.165, 1.54) is 18.3 Å². The standard InChI is InChI=1S/C18H21FN2O3/c19-13-6-3-9-20-17(13)24-16-14-7-8-15(16)23-11-10-21(14)18(22)12-4-1-2-5-12/h3-4,6,9,14-16H,1-2,5,7-8,10-11H2. The van der Waals surface area contributed by atoms with Crippen molar-refractivity contribution in [1.29, 1.82) is 0 Å². The second-order valence-electron chi connectivity index (χ2n) is 6.55. The molecule has 2 aliphatic carbocycles. The van der Waals surface area contributed by atoms with Crippen LogP contribution in [0.2, 0.25) is 0 Å². The summed E-state index contributed by atoms with van der Waals surface area (Å²) in [6.45, 7) is 1.05. The fourth-order valence-electron chi connectivity index (χ4n) is 3.93. The number of carbonyl (C=O) groups excluding carboxylic acids is 1. The van der Waals surface area contributed by atoms with Gasteiger partial charge in [0.05, 0.1) is 18.8 Å². The van der Waals surface area contributed by atoms with E-state index in [2.05, 4.69) is 4.98 Å². The van der Waals surface area contributed by atoms with E-state index in [9.17, 15) is 9.18 Å². The van der Waals surface area contributed by atoms with Gasteiger partial charge in [-0.3, -0.25) is 4.79 Å². The summed E-state index contributed by atoms with van der Waals surface area (Å²) in [5.74, 6) is -0.423. The number of aromatic nitrogens is 1. The minimum absolute atomic E-state index is 0.0163. The van der Waals surface area contributed by atoms with Gasteiger partial charge in [0.2, 0.25) is 5.91 Å². The van der Waals surface area contributed by atoms with Crippen molar-refractivity contribution in [2.45, 2.75) is 50.4 Å². The van der Waals surface area contributed by atoms with Crippen LogP contribution in [-0.2, 0) is 9.53 Å². The summed E-state index contributed by atoms with van der Waals surface area (Å²) < 4.78 is 25.6. The lowest BCUT2D eigenvalue weighted by molar-refractivity contribution is -0.130. The normalized spacial score (nSPS) is 29.3. The van der Waals surface area contributed by atoms with E-state index in [0.29, 0.717) is 13.2 Å². The zero-order valence-corrected chi connectivity index (χ0v) is 13.5. The molecule has 1 saturated heterocycles. The third kappa shape index (κ3) is 2.79. The molecule has 0 radical (unpaired) electrons. The molecule has 0 N–H and O–H groups in total. The SMILES string of the molecule is O=C(C1=CCCC1)N1CCOC2CCC1C2Oc1ncccc1F. The first-order chi connectivity index (χ1) is 11.7. The number of carbonyl (C=O) groups is 1. The quantitative estimate of drug-likeness (QED) is 0.853. The van der Waals surface area contributed by atoms with Gasteiger partial charge in [0.25, 0.3) is 5.88 Å². The molecule has 3 atom stereocenters. The first kappa shape index (κ1) is 15.6. The molecule has 1 saturated carbocycles. The lowest BCUT2D eigenvalue weighted by atomic mass is 10.1. The van der Waals surface area contributed by atoms with Crippen LogP contribution in [0.25, 0.3) is 0 Å². The molecule has 2 heterocycles. The Labute approximate surface area is 140 Å². The predicted molar refractivity (Wildman–Crippen MR) is 85.0 cm³/mol. The van der Waals surface area contributed by atoms with Crippen LogP contribution in [0.1, 0.15) is 32.1 Å². The summed E-state index contributed by atoms with van der Waals surface area (Å²) in [5.41, 5.74) is 0.892. The van der Waals surface area contributed by atoms with Crippen LogP contribution in [0.3, 0.4) is 0 Å². The lowest BCUT2D eigenvalue weighted by Crippen LogP contribution is -2.48. The topological polar surface area (TPSA) is 51.7 Å². The van der Waals surface area contributed by atoms with Gasteiger partial charge in [0.1, 0.15) is 6.10 Å². The van der Waals surface area contributed by atoms with E-state index in [0.717, 1.165) is 37.7 Å². The number of pyridine rings is 1. The number of halogens is 1. The van der Waals surface area contributed by atoms with E-state index < -0.39 is 5.82 Å². The summed E-state index contributed by atoms with van der Waals surface area (Å²) in [7, 11) is 0. The fourth-order valence-corrected chi connectivity index (χ4v) is 3.93. The van der Waals surface area contributed by atoms with Crippen molar-refractivity contribution in [1.82, 2.24) is 9.88 Å². The Morgan fingerprint density at radius 2 is 2.33 bits per heavy atom. The number of fused-ring (bicyclic) bond motifs is 2. The first-order valence-corrected chi connectivity index (χ1v) is 8.63. The number of hydrogen-bond acceptors (Lipinski definition) is 4. The minimum Gasteiger partial charge on any atom is -0.467 e. The number of allylic oxidation sites excluding steroid dienone is 1. The molecule has 128 valence electrons. The first-order valence-electron chi connectivity index (χ1n) is 8.63. The third-order valence-electron chi connectivity index (χ3n) is 5.11. The van der Waals surface area contributed by atoms with Crippen molar-refractivity contribution in [2.75, 3.05) is 13.2 Å². The van der Waals surface area contributed by atoms with Crippen LogP contribution in [0.15, 0.2) is 30.0 Å². The zero-order valence-electron chi connectivity index (χ0n) is 13.5. The van der Waals surface area contributed by atoms with E-state index >= 15 is 0 Å². The summed E-state index contributed by atoms with van der Waals surface area (Å²) >= 11 is 0. The highest BCUT2D eigenvalue weighted by Crippen LogP contribution is 2.34. The molecule has 24 heavy (non-hydrogen) atoms. The minimum atomic E-state index is -0.488. The average Bonchev–Trinajstić information content (AvgIpc) is 3.18. The van der Waals surface area contributed by atoms with Crippen molar-refractivity contribution in [2.24, 2.45) is 0 Å². The fraction of sp³-hybridized carbons (Fsp3) is 0.556. The second kappa shape index (κ2) is 6.51. The van der Waals surface area contributed by atoms with Crippen molar-refractivity contribution in [3.05, 3.63) is 35.8 Å². The smallest absolute Gasteiger partial charge is 0.250 e. The molecule has 1 amide bonds. The predicted octanol–water partition coefficient (Wildman–Crippen LogP) is 2.47. The maximum atomic E-state index is 13.9. The molecule has 1 aliphatic heterocycles. The van der Waals surface area contributed by atoms with E-state index in [1.54, 1.807) is 0 Å². The molecule has 5 nitrogen and oxygen atoms in total. The number of amides is 1. The zero-order chi connectivity index (χ0) is 16.5. The molecule has 4 rings (SSSR count). The van der Waals surface area contributed by atoms with Crippen molar-refractivity contribution >= 4 is 5.91 Å². The Hall–Kier alpha value is -1.95. The Kier molecular flexibility index (Phi) is 4.22. The molecule has 2 bridgehead atoms. The summed E-state index contributed by atoms with van der Waals surface area (Å²) in [5, 5.41) is 0. The van der Waals surface area contributed by atoms with Gasteiger partial charge in [-0.1, -0.05) is 6.08 Å². The monoisotopic (exact) mass is 332 g/mol. The van der Waals surface area contributed by atoms with Crippen molar-refractivity contribution in [3.8, 4) is 5.88 Å². The highest BCUT2D eigenvalue weighted by molar-refractivity contribution is 5.94. The summed E-state index contributed by atoms with van der Waals surface area (Å²) in [6, 6.07) is 2.77.